The molecule has 0 bridgehead atoms. The monoisotopic (exact) mass is 282 g/mol. The van der Waals surface area contributed by atoms with E-state index in [1.165, 1.54) is 0 Å². The third-order valence-corrected chi connectivity index (χ3v) is 5.72. The van der Waals surface area contributed by atoms with E-state index in [-0.39, 0.29) is 23.3 Å². The molecule has 0 aromatic rings. The molecule has 1 saturated heterocycles. The molecule has 2 N–H and O–H groups in total. The zero-order valence-electron chi connectivity index (χ0n) is 13.4. The topological polar surface area (TPSA) is 50.4 Å². The Morgan fingerprint density at radius 3 is 2.45 bits per heavy atom. The van der Waals surface area contributed by atoms with Crippen LogP contribution in [0.15, 0.2) is 0 Å². The van der Waals surface area contributed by atoms with Crippen molar-refractivity contribution in [1.29, 1.82) is 0 Å². The van der Waals surface area contributed by atoms with Crippen LogP contribution >= 0.6 is 0 Å². The fraction of sp³-hybridized carbons (Fsp3) is 0.938. The van der Waals surface area contributed by atoms with Crippen molar-refractivity contribution in [2.75, 3.05) is 19.7 Å². The number of hydrogen-bond acceptors (Lipinski definition) is 3. The highest BCUT2D eigenvalue weighted by Gasteiger charge is 2.54. The lowest BCUT2D eigenvalue weighted by Gasteiger charge is -2.55. The van der Waals surface area contributed by atoms with Crippen molar-refractivity contribution >= 4 is 5.91 Å². The maximum atomic E-state index is 12.4. The Hall–Kier alpha value is -0.610. The Labute approximate surface area is 123 Å². The number of carbonyl (C=O) groups is 1. The van der Waals surface area contributed by atoms with Gasteiger partial charge in [-0.05, 0) is 45.2 Å². The van der Waals surface area contributed by atoms with Gasteiger partial charge in [0.1, 0.15) is 0 Å². The van der Waals surface area contributed by atoms with Gasteiger partial charge in [-0.15, -0.1) is 0 Å². The highest BCUT2D eigenvalue weighted by atomic mass is 16.5. The van der Waals surface area contributed by atoms with Crippen LogP contribution in [0.5, 0.6) is 0 Å². The van der Waals surface area contributed by atoms with Crippen LogP contribution in [-0.4, -0.2) is 37.7 Å². The van der Waals surface area contributed by atoms with Crippen LogP contribution in [0.3, 0.4) is 0 Å². The third-order valence-electron chi connectivity index (χ3n) is 5.72. The largest absolute Gasteiger partial charge is 0.378 e. The molecule has 1 amide bonds. The van der Waals surface area contributed by atoms with Gasteiger partial charge in [0.15, 0.2) is 0 Å². The first-order chi connectivity index (χ1) is 9.58. The SMILES string of the molecule is CCOC1CC(NC(=O)C(C)C2CNC2)C1(CC)CC. The maximum absolute atomic E-state index is 12.4. The van der Waals surface area contributed by atoms with Gasteiger partial charge in [0, 0.05) is 24.0 Å². The lowest BCUT2D eigenvalue weighted by molar-refractivity contribution is -0.151. The number of rotatable bonds is 7. The maximum Gasteiger partial charge on any atom is 0.223 e. The molecule has 2 aliphatic rings. The highest BCUT2D eigenvalue weighted by Crippen LogP contribution is 2.49. The summed E-state index contributed by atoms with van der Waals surface area (Å²) in [6, 6.07) is 0.289. The Bertz CT molecular complexity index is 337. The smallest absolute Gasteiger partial charge is 0.223 e. The van der Waals surface area contributed by atoms with Crippen molar-refractivity contribution < 1.29 is 9.53 Å². The summed E-state index contributed by atoms with van der Waals surface area (Å²) in [7, 11) is 0. The summed E-state index contributed by atoms with van der Waals surface area (Å²) in [5.74, 6) is 0.854. The van der Waals surface area contributed by atoms with Gasteiger partial charge in [-0.25, -0.2) is 0 Å². The minimum absolute atomic E-state index is 0.119. The van der Waals surface area contributed by atoms with E-state index in [2.05, 4.69) is 31.4 Å². The van der Waals surface area contributed by atoms with Crippen molar-refractivity contribution in [3.05, 3.63) is 0 Å². The molecule has 0 aromatic heterocycles. The van der Waals surface area contributed by atoms with Crippen molar-refractivity contribution in [2.45, 2.75) is 59.1 Å². The zero-order valence-corrected chi connectivity index (χ0v) is 13.4. The highest BCUT2D eigenvalue weighted by molar-refractivity contribution is 5.79. The zero-order chi connectivity index (χ0) is 14.8. The molecule has 1 heterocycles. The molecule has 3 atom stereocenters. The first kappa shape index (κ1) is 15.8. The van der Waals surface area contributed by atoms with Crippen LogP contribution in [0.25, 0.3) is 0 Å². The van der Waals surface area contributed by atoms with Gasteiger partial charge in [0.2, 0.25) is 5.91 Å². The van der Waals surface area contributed by atoms with E-state index in [9.17, 15) is 4.79 Å². The van der Waals surface area contributed by atoms with Crippen LogP contribution in [0, 0.1) is 17.3 Å². The molecule has 3 unspecified atom stereocenters. The van der Waals surface area contributed by atoms with Crippen molar-refractivity contribution in [1.82, 2.24) is 10.6 Å². The summed E-state index contributed by atoms with van der Waals surface area (Å²) in [4.78, 5) is 12.4. The predicted octanol–water partition coefficient (Wildman–Crippen LogP) is 1.94. The number of carbonyl (C=O) groups excluding carboxylic acids is 1. The second kappa shape index (κ2) is 6.44. The standard InChI is InChI=1S/C16H30N2O2/c1-5-16(6-2)13(8-14(16)20-7-3)18-15(19)11(4)12-9-17-10-12/h11-14,17H,5-10H2,1-4H3,(H,18,19). The fourth-order valence-electron chi connectivity index (χ4n) is 3.77. The van der Waals surface area contributed by atoms with Crippen LogP contribution in [0.2, 0.25) is 0 Å². The van der Waals surface area contributed by atoms with Crippen LogP contribution in [0.4, 0.5) is 0 Å². The van der Waals surface area contributed by atoms with E-state index in [1.54, 1.807) is 0 Å². The van der Waals surface area contributed by atoms with E-state index < -0.39 is 0 Å². The second-order valence-corrected chi connectivity index (χ2v) is 6.39. The minimum Gasteiger partial charge on any atom is -0.378 e. The molecular formula is C16H30N2O2. The number of hydrogen-bond donors (Lipinski definition) is 2. The van der Waals surface area contributed by atoms with Gasteiger partial charge in [-0.2, -0.15) is 0 Å². The quantitative estimate of drug-likeness (QED) is 0.750. The number of nitrogens with one attached hydrogen (secondary N) is 2. The van der Waals surface area contributed by atoms with Crippen molar-refractivity contribution in [3.63, 3.8) is 0 Å². The summed E-state index contributed by atoms with van der Waals surface area (Å²) in [5, 5.41) is 6.54. The Morgan fingerprint density at radius 1 is 1.35 bits per heavy atom. The van der Waals surface area contributed by atoms with Gasteiger partial charge in [-0.3, -0.25) is 4.79 Å². The second-order valence-electron chi connectivity index (χ2n) is 6.39. The van der Waals surface area contributed by atoms with E-state index in [0.717, 1.165) is 39.0 Å². The molecule has 0 aromatic carbocycles. The van der Waals surface area contributed by atoms with Crippen LogP contribution in [-0.2, 0) is 9.53 Å². The molecule has 4 heteroatoms. The molecular weight excluding hydrogens is 252 g/mol. The molecule has 20 heavy (non-hydrogen) atoms. The average molecular weight is 282 g/mol. The summed E-state index contributed by atoms with van der Waals surface area (Å²) >= 11 is 0. The molecule has 2 rings (SSSR count). The normalized spacial score (nSPS) is 30.2. The van der Waals surface area contributed by atoms with Crippen LogP contribution < -0.4 is 10.6 Å². The van der Waals surface area contributed by atoms with E-state index >= 15 is 0 Å². The van der Waals surface area contributed by atoms with Gasteiger partial charge >= 0.3 is 0 Å². The van der Waals surface area contributed by atoms with Gasteiger partial charge in [-0.1, -0.05) is 20.8 Å². The number of ether oxygens (including phenoxy) is 1. The first-order valence-electron chi connectivity index (χ1n) is 8.21. The van der Waals surface area contributed by atoms with Crippen molar-refractivity contribution in [2.24, 2.45) is 17.3 Å². The molecule has 0 radical (unpaired) electrons. The molecule has 4 nitrogen and oxygen atoms in total. The lowest BCUT2D eigenvalue weighted by atomic mass is 9.58. The number of amides is 1. The van der Waals surface area contributed by atoms with Crippen molar-refractivity contribution in [3.8, 4) is 0 Å². The van der Waals surface area contributed by atoms with E-state index in [0.29, 0.717) is 12.0 Å². The molecule has 1 aliphatic heterocycles. The first-order valence-corrected chi connectivity index (χ1v) is 8.21. The van der Waals surface area contributed by atoms with E-state index in [1.807, 2.05) is 6.92 Å². The fourth-order valence-corrected chi connectivity index (χ4v) is 3.77. The van der Waals surface area contributed by atoms with Gasteiger partial charge in [0.05, 0.1) is 6.10 Å². The van der Waals surface area contributed by atoms with Gasteiger partial charge in [0.25, 0.3) is 0 Å². The third kappa shape index (κ3) is 2.60. The van der Waals surface area contributed by atoms with Gasteiger partial charge < -0.3 is 15.4 Å². The minimum atomic E-state index is 0.119. The Kier molecular flexibility index (Phi) is 5.08. The Morgan fingerprint density at radius 2 is 2.00 bits per heavy atom. The predicted molar refractivity (Wildman–Crippen MR) is 80.5 cm³/mol. The van der Waals surface area contributed by atoms with Crippen LogP contribution in [0.1, 0.15) is 47.0 Å². The molecule has 2 fully saturated rings. The average Bonchev–Trinajstić information content (AvgIpc) is 2.36. The Balaban J connectivity index is 1.93. The van der Waals surface area contributed by atoms with E-state index in [4.69, 9.17) is 4.74 Å². The molecule has 116 valence electrons. The molecule has 0 spiro atoms. The lowest BCUT2D eigenvalue weighted by Crippen LogP contribution is -2.65. The summed E-state index contributed by atoms with van der Waals surface area (Å²) in [5.41, 5.74) is 0.142. The summed E-state index contributed by atoms with van der Waals surface area (Å²) in [6.07, 6.45) is 3.42. The molecule has 1 aliphatic carbocycles. The molecule has 1 saturated carbocycles. The summed E-state index contributed by atoms with van der Waals surface area (Å²) in [6.45, 7) is 11.3. The summed E-state index contributed by atoms with van der Waals surface area (Å²) < 4.78 is 5.87.